The van der Waals surface area contributed by atoms with E-state index in [0.29, 0.717) is 5.52 Å². The van der Waals surface area contributed by atoms with Crippen molar-refractivity contribution in [2.75, 3.05) is 0 Å². The first-order valence-corrected chi connectivity index (χ1v) is 3.40. The van der Waals surface area contributed by atoms with Gasteiger partial charge in [-0.1, -0.05) is 18.2 Å². The van der Waals surface area contributed by atoms with Crippen LogP contribution in [0.5, 0.6) is 5.75 Å². The van der Waals surface area contributed by atoms with Gasteiger partial charge in [-0.25, -0.2) is 0 Å². The van der Waals surface area contributed by atoms with Gasteiger partial charge in [0.1, 0.15) is 11.3 Å². The summed E-state index contributed by atoms with van der Waals surface area (Å²) in [5.41, 5.74) is 0.662. The second kappa shape index (κ2) is 6.34. The molecule has 0 bridgehead atoms. The summed E-state index contributed by atoms with van der Waals surface area (Å²) in [7, 11) is 0. The van der Waals surface area contributed by atoms with Crippen molar-refractivity contribution in [1.82, 2.24) is 4.98 Å². The second-order valence-electron chi connectivity index (χ2n) is 2.35. The predicted molar refractivity (Wildman–Crippen MR) is 50.6 cm³/mol. The largest absolute Gasteiger partial charge is 0.506 e. The van der Waals surface area contributed by atoms with E-state index < -0.39 is 0 Å². The first-order chi connectivity index (χ1) is 5.38. The molecular weight excluding hydrogens is 234 g/mol. The average molecular weight is 245 g/mol. The van der Waals surface area contributed by atoms with Crippen LogP contribution in [0, 0.1) is 0 Å². The first-order valence-electron chi connectivity index (χ1n) is 3.40. The zero-order valence-corrected chi connectivity index (χ0v) is 8.10. The van der Waals surface area contributed by atoms with Gasteiger partial charge >= 0.3 is 0 Å². The van der Waals surface area contributed by atoms with E-state index >= 15 is 0 Å². The van der Waals surface area contributed by atoms with Crippen LogP contribution in [-0.2, 0) is 17.1 Å². The van der Waals surface area contributed by atoms with Gasteiger partial charge in [0.05, 0.1) is 0 Å². The summed E-state index contributed by atoms with van der Waals surface area (Å²) in [5.74, 6) is 0.239. The number of pyridine rings is 1. The number of phenolic OH excluding ortho intramolecular Hbond substituents is 1. The van der Waals surface area contributed by atoms with Crippen molar-refractivity contribution < 1.29 is 33.1 Å². The molecule has 0 aliphatic carbocycles. The molecule has 0 spiro atoms. The summed E-state index contributed by atoms with van der Waals surface area (Å²) in [4.78, 5) is 4.03. The van der Waals surface area contributed by atoms with Crippen LogP contribution < -0.4 is 0 Å². The molecule has 0 saturated heterocycles. The molecule has 2 rings (SSSR count). The number of para-hydroxylation sites is 1. The number of hydrogen-bond donors (Lipinski definition) is 1. The topological polar surface area (TPSA) is 96.1 Å². The predicted octanol–water partition coefficient (Wildman–Crippen LogP) is 0.288. The van der Waals surface area contributed by atoms with Crippen molar-refractivity contribution in [2.24, 2.45) is 0 Å². The van der Waals surface area contributed by atoms with Gasteiger partial charge in [-0.05, 0) is 12.1 Å². The van der Waals surface area contributed by atoms with Gasteiger partial charge in [-0.3, -0.25) is 4.98 Å². The van der Waals surface area contributed by atoms with Crippen LogP contribution in [0.2, 0.25) is 0 Å². The number of phenols is 1. The van der Waals surface area contributed by atoms with Crippen LogP contribution in [0.4, 0.5) is 0 Å². The van der Waals surface area contributed by atoms with Gasteiger partial charge in [0.25, 0.3) is 0 Å². The molecule has 5 N–H and O–H groups in total. The molecule has 0 amide bonds. The Hall–Kier alpha value is -1.13. The van der Waals surface area contributed by atoms with E-state index in [9.17, 15) is 5.11 Å². The minimum Gasteiger partial charge on any atom is -0.506 e. The van der Waals surface area contributed by atoms with Crippen LogP contribution in [-0.4, -0.2) is 21.0 Å². The van der Waals surface area contributed by atoms with Gasteiger partial charge in [0.2, 0.25) is 0 Å². The maximum Gasteiger partial charge on any atom is 0.141 e. The zero-order valence-electron chi connectivity index (χ0n) is 7.16. The molecule has 2 aromatic rings. The van der Waals surface area contributed by atoms with Crippen LogP contribution in [0.15, 0.2) is 36.5 Å². The Morgan fingerprint density at radius 3 is 2.29 bits per heavy atom. The fourth-order valence-corrected chi connectivity index (χ4v) is 1.09. The van der Waals surface area contributed by atoms with Gasteiger partial charge in [-0.15, -0.1) is 0 Å². The van der Waals surface area contributed by atoms with E-state index in [2.05, 4.69) is 4.98 Å². The van der Waals surface area contributed by atoms with Crippen molar-refractivity contribution >= 4 is 10.9 Å². The maximum atomic E-state index is 9.31. The minimum atomic E-state index is 0. The standard InChI is InChI=1S/C9H7NO.Cu.2H2O/c11-8-5-1-3-7-4-2-6-10-9(7)8;;;/h1-6,11H;;2*1H2. The van der Waals surface area contributed by atoms with Crippen LogP contribution in [0.25, 0.3) is 10.9 Å². The molecule has 5 heteroatoms. The van der Waals surface area contributed by atoms with E-state index in [4.69, 9.17) is 0 Å². The van der Waals surface area contributed by atoms with E-state index in [1.807, 2.05) is 18.2 Å². The number of benzene rings is 1. The third kappa shape index (κ3) is 2.68. The zero-order chi connectivity index (χ0) is 7.68. The fraction of sp³-hybridized carbons (Fsp3) is 0. The summed E-state index contributed by atoms with van der Waals surface area (Å²) >= 11 is 0. The number of fused-ring (bicyclic) bond motifs is 1. The molecule has 1 aromatic heterocycles. The Kier molecular flexibility index (Phi) is 6.95. The number of hydrogen-bond acceptors (Lipinski definition) is 2. The third-order valence-corrected chi connectivity index (χ3v) is 1.61. The molecule has 0 fully saturated rings. The van der Waals surface area contributed by atoms with Gasteiger partial charge in [0, 0.05) is 28.7 Å². The second-order valence-corrected chi connectivity index (χ2v) is 2.35. The summed E-state index contributed by atoms with van der Waals surface area (Å²) < 4.78 is 0. The molecule has 1 aromatic carbocycles. The molecule has 0 aliphatic heterocycles. The van der Waals surface area contributed by atoms with Crippen molar-refractivity contribution in [3.63, 3.8) is 0 Å². The summed E-state index contributed by atoms with van der Waals surface area (Å²) in [6, 6.07) is 9.13. The van der Waals surface area contributed by atoms with Gasteiger partial charge < -0.3 is 16.1 Å². The fourth-order valence-electron chi connectivity index (χ4n) is 1.09. The van der Waals surface area contributed by atoms with Gasteiger partial charge in [0.15, 0.2) is 0 Å². The Morgan fingerprint density at radius 2 is 1.64 bits per heavy atom. The number of nitrogens with zero attached hydrogens (tertiary/aromatic N) is 1. The van der Waals surface area contributed by atoms with Crippen LogP contribution in [0.1, 0.15) is 0 Å². The quantitative estimate of drug-likeness (QED) is 0.674. The van der Waals surface area contributed by atoms with Crippen molar-refractivity contribution in [3.8, 4) is 5.75 Å². The minimum absolute atomic E-state index is 0. The van der Waals surface area contributed by atoms with Crippen molar-refractivity contribution in [1.29, 1.82) is 0 Å². The maximum absolute atomic E-state index is 9.31. The van der Waals surface area contributed by atoms with Crippen molar-refractivity contribution in [2.45, 2.75) is 0 Å². The monoisotopic (exact) mass is 244 g/mol. The van der Waals surface area contributed by atoms with Crippen LogP contribution >= 0.6 is 0 Å². The van der Waals surface area contributed by atoms with Gasteiger partial charge in [-0.2, -0.15) is 0 Å². The van der Waals surface area contributed by atoms with E-state index in [-0.39, 0.29) is 33.8 Å². The van der Waals surface area contributed by atoms with Crippen molar-refractivity contribution in [3.05, 3.63) is 36.5 Å². The molecule has 0 saturated carbocycles. The molecule has 4 nitrogen and oxygen atoms in total. The molecule has 0 atom stereocenters. The molecule has 81 valence electrons. The summed E-state index contributed by atoms with van der Waals surface area (Å²) in [5, 5.41) is 10.3. The molecule has 0 aliphatic rings. The number of aromatic hydroxyl groups is 1. The molecule has 1 radical (unpaired) electrons. The molecule has 0 unspecified atom stereocenters. The normalized spacial score (nSPS) is 8.00. The first kappa shape index (κ1) is 15.3. The SMILES string of the molecule is O.O.Oc1cccc2cccnc12.[Cu]. The Bertz CT molecular complexity index is 389. The summed E-state index contributed by atoms with van der Waals surface area (Å²) in [6.45, 7) is 0. The van der Waals surface area contributed by atoms with Crippen LogP contribution in [0.3, 0.4) is 0 Å². The third-order valence-electron chi connectivity index (χ3n) is 1.61. The van der Waals surface area contributed by atoms with E-state index in [1.165, 1.54) is 0 Å². The van der Waals surface area contributed by atoms with E-state index in [1.54, 1.807) is 18.3 Å². The smallest absolute Gasteiger partial charge is 0.141 e. The molecule has 1 heterocycles. The summed E-state index contributed by atoms with van der Waals surface area (Å²) in [6.07, 6.45) is 1.67. The Labute approximate surface area is 91.7 Å². The van der Waals surface area contributed by atoms with E-state index in [0.717, 1.165) is 5.39 Å². The molecular formula is C9H11CuNO3. The Balaban J connectivity index is 0. The molecule has 14 heavy (non-hydrogen) atoms. The average Bonchev–Trinajstić information content (AvgIpc) is 2.06. The number of aromatic nitrogens is 1. The Morgan fingerprint density at radius 1 is 1.00 bits per heavy atom. The number of rotatable bonds is 0.